The van der Waals surface area contributed by atoms with Crippen LogP contribution in [0.2, 0.25) is 0 Å². The number of benzene rings is 1. The molecule has 0 aliphatic rings. The number of amides is 1. The van der Waals surface area contributed by atoms with E-state index in [1.165, 1.54) is 0 Å². The number of hydrogen-bond acceptors (Lipinski definition) is 4. The number of rotatable bonds is 4. The van der Waals surface area contributed by atoms with Crippen molar-refractivity contribution in [2.45, 2.75) is 19.5 Å². The van der Waals surface area contributed by atoms with Gasteiger partial charge in [-0.15, -0.1) is 0 Å². The van der Waals surface area contributed by atoms with Gasteiger partial charge < -0.3 is 15.4 Å². The molecule has 1 aromatic carbocycles. The Morgan fingerprint density at radius 1 is 1.30 bits per heavy atom. The van der Waals surface area contributed by atoms with Gasteiger partial charge >= 0.3 is 12.1 Å². The maximum atomic E-state index is 13.1. The molecule has 10 heteroatoms. The number of nitrogens with one attached hydrogen (secondary N) is 2. The summed E-state index contributed by atoms with van der Waals surface area (Å²) in [7, 11) is 0. The summed E-state index contributed by atoms with van der Waals surface area (Å²) in [6, 6.07) is 2.15. The van der Waals surface area contributed by atoms with E-state index in [4.69, 9.17) is 12.2 Å². The minimum absolute atomic E-state index is 0.102. The van der Waals surface area contributed by atoms with Gasteiger partial charge in [0.1, 0.15) is 12.2 Å². The summed E-state index contributed by atoms with van der Waals surface area (Å²) < 4.78 is 55.4. The number of anilines is 1. The second-order valence-electron chi connectivity index (χ2n) is 4.18. The van der Waals surface area contributed by atoms with Gasteiger partial charge in [0.25, 0.3) is 0 Å². The fraction of sp³-hybridized carbons (Fsp3) is 0.308. The van der Waals surface area contributed by atoms with Crippen molar-refractivity contribution in [3.05, 3.63) is 29.6 Å². The number of hydrogen-bond donors (Lipinski definition) is 2. The van der Waals surface area contributed by atoms with E-state index >= 15 is 0 Å². The van der Waals surface area contributed by atoms with Crippen LogP contribution in [0.5, 0.6) is 0 Å². The SMILES string of the molecule is CCOC(=O)CC(=O)NC(=S)Nc1ccc(F)c(C(F)(F)F)c1. The Bertz CT molecular complexity index is 620. The normalized spacial score (nSPS) is 10.8. The first kappa shape index (κ1) is 18.8. The van der Waals surface area contributed by atoms with Gasteiger partial charge in [-0.05, 0) is 37.3 Å². The van der Waals surface area contributed by atoms with Gasteiger partial charge in [-0.25, -0.2) is 4.39 Å². The second-order valence-corrected chi connectivity index (χ2v) is 4.58. The van der Waals surface area contributed by atoms with Crippen LogP contribution in [0.1, 0.15) is 18.9 Å². The molecule has 1 aromatic rings. The molecule has 0 radical (unpaired) electrons. The molecular weight excluding hydrogens is 340 g/mol. The van der Waals surface area contributed by atoms with E-state index in [1.807, 2.05) is 0 Å². The van der Waals surface area contributed by atoms with E-state index in [0.29, 0.717) is 12.1 Å². The molecule has 0 spiro atoms. The lowest BCUT2D eigenvalue weighted by atomic mass is 10.2. The Hall–Kier alpha value is -2.23. The zero-order chi connectivity index (χ0) is 17.6. The van der Waals surface area contributed by atoms with E-state index in [0.717, 1.165) is 6.07 Å². The summed E-state index contributed by atoms with van der Waals surface area (Å²) in [6.45, 7) is 1.67. The predicted octanol–water partition coefficient (Wildman–Crippen LogP) is 2.61. The van der Waals surface area contributed by atoms with E-state index in [1.54, 1.807) is 6.92 Å². The van der Waals surface area contributed by atoms with Crippen LogP contribution in [-0.4, -0.2) is 23.6 Å². The van der Waals surface area contributed by atoms with E-state index in [9.17, 15) is 27.2 Å². The van der Waals surface area contributed by atoms with Crippen molar-refractivity contribution in [3.8, 4) is 0 Å². The lowest BCUT2D eigenvalue weighted by Crippen LogP contribution is -2.35. The van der Waals surface area contributed by atoms with Gasteiger partial charge in [-0.1, -0.05) is 0 Å². The van der Waals surface area contributed by atoms with Crippen molar-refractivity contribution < 1.29 is 31.9 Å². The highest BCUT2D eigenvalue weighted by Gasteiger charge is 2.34. The average Bonchev–Trinajstić information content (AvgIpc) is 2.39. The number of ether oxygens (including phenoxy) is 1. The molecular formula is C13H12F4N2O3S. The van der Waals surface area contributed by atoms with Gasteiger partial charge in [0.05, 0.1) is 12.2 Å². The van der Waals surface area contributed by atoms with Crippen molar-refractivity contribution in [1.29, 1.82) is 0 Å². The van der Waals surface area contributed by atoms with Crippen molar-refractivity contribution >= 4 is 34.9 Å². The minimum Gasteiger partial charge on any atom is -0.466 e. The molecule has 0 fully saturated rings. The summed E-state index contributed by atoms with van der Waals surface area (Å²) in [5, 5.41) is 4.06. The van der Waals surface area contributed by atoms with E-state index in [-0.39, 0.29) is 17.4 Å². The maximum Gasteiger partial charge on any atom is 0.419 e. The largest absolute Gasteiger partial charge is 0.466 e. The van der Waals surface area contributed by atoms with Gasteiger partial charge in [0.15, 0.2) is 5.11 Å². The van der Waals surface area contributed by atoms with Gasteiger partial charge in [0.2, 0.25) is 5.91 Å². The highest BCUT2D eigenvalue weighted by Crippen LogP contribution is 2.32. The second kappa shape index (κ2) is 7.86. The predicted molar refractivity (Wildman–Crippen MR) is 77.0 cm³/mol. The first-order valence-corrected chi connectivity index (χ1v) is 6.67. The number of alkyl halides is 3. The number of carbonyl (C=O) groups excluding carboxylic acids is 2. The molecule has 1 rings (SSSR count). The molecule has 0 saturated heterocycles. The highest BCUT2D eigenvalue weighted by molar-refractivity contribution is 7.80. The van der Waals surface area contributed by atoms with Crippen LogP contribution in [0, 0.1) is 5.82 Å². The molecule has 1 amide bonds. The fourth-order valence-corrected chi connectivity index (χ4v) is 1.73. The molecule has 0 heterocycles. The molecule has 126 valence electrons. The van der Waals surface area contributed by atoms with Crippen molar-refractivity contribution in [2.75, 3.05) is 11.9 Å². The molecule has 5 nitrogen and oxygen atoms in total. The Morgan fingerprint density at radius 3 is 2.52 bits per heavy atom. The van der Waals surface area contributed by atoms with E-state index in [2.05, 4.69) is 15.4 Å². The van der Waals surface area contributed by atoms with Crippen molar-refractivity contribution in [2.24, 2.45) is 0 Å². The molecule has 0 aliphatic heterocycles. The minimum atomic E-state index is -4.86. The number of halogens is 4. The van der Waals surface area contributed by atoms with Crippen LogP contribution in [0.15, 0.2) is 18.2 Å². The van der Waals surface area contributed by atoms with Crippen molar-refractivity contribution in [1.82, 2.24) is 5.32 Å². The first-order valence-electron chi connectivity index (χ1n) is 6.26. The number of thiocarbonyl (C=S) groups is 1. The van der Waals surface area contributed by atoms with Gasteiger partial charge in [0, 0.05) is 5.69 Å². The van der Waals surface area contributed by atoms with Crippen LogP contribution in [0.25, 0.3) is 0 Å². The first-order chi connectivity index (χ1) is 10.6. The Kier molecular flexibility index (Phi) is 6.43. The van der Waals surface area contributed by atoms with E-state index < -0.39 is 35.9 Å². The number of esters is 1. The standard InChI is InChI=1S/C13H12F4N2O3S/c1-2-22-11(21)6-10(20)19-12(23)18-7-3-4-9(14)8(5-7)13(15,16)17/h3-5H,2,6H2,1H3,(H2,18,19,20,23). The Labute approximate surface area is 134 Å². The quantitative estimate of drug-likeness (QED) is 0.377. The molecule has 0 saturated carbocycles. The zero-order valence-corrected chi connectivity index (χ0v) is 12.6. The third kappa shape index (κ3) is 6.19. The smallest absolute Gasteiger partial charge is 0.419 e. The fourth-order valence-electron chi connectivity index (χ4n) is 1.50. The molecule has 0 atom stereocenters. The molecule has 23 heavy (non-hydrogen) atoms. The van der Waals surface area contributed by atoms with Gasteiger partial charge in [-0.2, -0.15) is 13.2 Å². The van der Waals surface area contributed by atoms with Crippen LogP contribution in [-0.2, 0) is 20.5 Å². The summed E-state index contributed by atoms with van der Waals surface area (Å²) in [5.74, 6) is -2.99. The average molecular weight is 352 g/mol. The van der Waals surface area contributed by atoms with Crippen molar-refractivity contribution in [3.63, 3.8) is 0 Å². The topological polar surface area (TPSA) is 67.4 Å². The Morgan fingerprint density at radius 2 is 1.96 bits per heavy atom. The summed E-state index contributed by atoms with van der Waals surface area (Å²) in [6.07, 6.45) is -5.45. The lowest BCUT2D eigenvalue weighted by molar-refractivity contribution is -0.145. The molecule has 0 aliphatic carbocycles. The molecule has 0 unspecified atom stereocenters. The van der Waals surface area contributed by atoms with Crippen LogP contribution < -0.4 is 10.6 Å². The number of carbonyl (C=O) groups is 2. The summed E-state index contributed by atoms with van der Waals surface area (Å²) >= 11 is 4.73. The third-order valence-electron chi connectivity index (χ3n) is 2.39. The highest BCUT2D eigenvalue weighted by atomic mass is 32.1. The third-order valence-corrected chi connectivity index (χ3v) is 2.60. The van der Waals surface area contributed by atoms with Crippen LogP contribution >= 0.6 is 12.2 Å². The maximum absolute atomic E-state index is 13.1. The zero-order valence-electron chi connectivity index (χ0n) is 11.8. The van der Waals surface area contributed by atoms with Crippen LogP contribution in [0.4, 0.5) is 23.2 Å². The Balaban J connectivity index is 2.68. The molecule has 0 aromatic heterocycles. The molecule has 2 N–H and O–H groups in total. The summed E-state index contributed by atoms with van der Waals surface area (Å²) in [5.41, 5.74) is -1.64. The van der Waals surface area contributed by atoms with Gasteiger partial charge in [-0.3, -0.25) is 9.59 Å². The molecule has 0 bridgehead atoms. The van der Waals surface area contributed by atoms with Crippen LogP contribution in [0.3, 0.4) is 0 Å². The lowest BCUT2D eigenvalue weighted by Gasteiger charge is -2.12. The monoisotopic (exact) mass is 352 g/mol. The summed E-state index contributed by atoms with van der Waals surface area (Å²) in [4.78, 5) is 22.5.